The van der Waals surface area contributed by atoms with Crippen LogP contribution in [0.3, 0.4) is 0 Å². The number of fused-ring (bicyclic) bond motifs is 3. The maximum Gasteiger partial charge on any atom is 0.252 e. The van der Waals surface area contributed by atoms with Crippen molar-refractivity contribution in [2.24, 2.45) is 0 Å². The van der Waals surface area contributed by atoms with E-state index >= 15 is 0 Å². The van der Waals surface area contributed by atoms with Crippen LogP contribution < -0.4 is 31.1 Å². The van der Waals surface area contributed by atoms with Gasteiger partial charge in [0.25, 0.3) is 6.71 Å². The average Bonchev–Trinajstić information content (AvgIpc) is 3.46. The minimum Gasteiger partial charge on any atom is -0.334 e. The van der Waals surface area contributed by atoms with Gasteiger partial charge >= 0.3 is 0 Å². The van der Waals surface area contributed by atoms with Gasteiger partial charge in [0, 0.05) is 56.3 Å². The van der Waals surface area contributed by atoms with Crippen molar-refractivity contribution in [3.63, 3.8) is 0 Å². The van der Waals surface area contributed by atoms with E-state index in [1.165, 1.54) is 120 Å². The number of nitrogens with zero attached hydrogens (tertiary/aromatic N) is 3. The van der Waals surface area contributed by atoms with Gasteiger partial charge in [-0.25, -0.2) is 0 Å². The van der Waals surface area contributed by atoms with Crippen molar-refractivity contribution in [1.82, 2.24) is 0 Å². The first-order valence-electron chi connectivity index (χ1n) is 25.5. The standard InChI is InChI=1S/C63H74BN3/c1-57(2,3)39-26-28-43(29-27-39)65-51-36-42(60(10,11)12)35-48-55(51)64-54-47(61(48,13)14)23-21-25-50(54)66(44-33-40(58(4,5)6)32-41(34-44)59(7,8)9)53-38-45(37-52(65)56(53)64)67-49-24-18-17-22-46(49)62(15)30-19-20-31-63(62,67)16/h17-18,21-29,32-38H,19-20,30-31H2,1-16H3. The second-order valence-electron chi connectivity index (χ2n) is 26.3. The molecule has 344 valence electrons. The summed E-state index contributed by atoms with van der Waals surface area (Å²) in [6, 6.07) is 44.2. The highest BCUT2D eigenvalue weighted by atomic mass is 15.3. The third kappa shape index (κ3) is 6.22. The topological polar surface area (TPSA) is 9.72 Å². The lowest BCUT2D eigenvalue weighted by Crippen LogP contribution is -2.67. The number of rotatable bonds is 3. The molecule has 4 heterocycles. The molecule has 0 bridgehead atoms. The maximum atomic E-state index is 2.81. The number of hydrogen-bond donors (Lipinski definition) is 0. The van der Waals surface area contributed by atoms with Crippen molar-refractivity contribution < 1.29 is 0 Å². The summed E-state index contributed by atoms with van der Waals surface area (Å²) in [6.07, 6.45) is 4.85. The first-order valence-corrected chi connectivity index (χ1v) is 25.5. The largest absolute Gasteiger partial charge is 0.334 e. The van der Waals surface area contributed by atoms with Gasteiger partial charge in [-0.1, -0.05) is 171 Å². The Morgan fingerprint density at radius 1 is 0.403 bits per heavy atom. The molecule has 6 aromatic carbocycles. The lowest BCUT2D eigenvalue weighted by Gasteiger charge is -2.52. The van der Waals surface area contributed by atoms with Crippen LogP contribution in [0.25, 0.3) is 0 Å². The third-order valence-corrected chi connectivity index (χ3v) is 17.6. The molecular weight excluding hydrogens is 810 g/mol. The van der Waals surface area contributed by atoms with Gasteiger partial charge in [0.1, 0.15) is 0 Å². The predicted octanol–water partition coefficient (Wildman–Crippen LogP) is 15.3. The number of anilines is 8. The van der Waals surface area contributed by atoms with E-state index in [1.54, 1.807) is 0 Å². The van der Waals surface area contributed by atoms with Crippen molar-refractivity contribution in [2.45, 2.75) is 174 Å². The van der Waals surface area contributed by atoms with Crippen LogP contribution in [-0.4, -0.2) is 12.3 Å². The van der Waals surface area contributed by atoms with Gasteiger partial charge in [-0.2, -0.15) is 0 Å². The summed E-state index contributed by atoms with van der Waals surface area (Å²) >= 11 is 0. The van der Waals surface area contributed by atoms with Crippen LogP contribution >= 0.6 is 0 Å². The molecule has 1 aliphatic carbocycles. The molecule has 1 saturated carbocycles. The highest BCUT2D eigenvalue weighted by molar-refractivity contribution is 7.01. The van der Waals surface area contributed by atoms with E-state index in [9.17, 15) is 0 Å². The molecule has 0 amide bonds. The van der Waals surface area contributed by atoms with Crippen molar-refractivity contribution in [1.29, 1.82) is 0 Å². The first-order chi connectivity index (χ1) is 31.2. The summed E-state index contributed by atoms with van der Waals surface area (Å²) in [5, 5.41) is 0. The smallest absolute Gasteiger partial charge is 0.252 e. The molecule has 0 spiro atoms. The van der Waals surface area contributed by atoms with E-state index in [4.69, 9.17) is 0 Å². The Morgan fingerprint density at radius 3 is 1.52 bits per heavy atom. The molecule has 0 saturated heterocycles. The lowest BCUT2D eigenvalue weighted by atomic mass is 9.28. The molecule has 0 N–H and O–H groups in total. The quantitative estimate of drug-likeness (QED) is 0.164. The summed E-state index contributed by atoms with van der Waals surface area (Å²) in [5.74, 6) is 0. The normalized spacial score (nSPS) is 21.3. The lowest BCUT2D eigenvalue weighted by molar-refractivity contribution is 0.195. The number of para-hydroxylation sites is 1. The zero-order valence-corrected chi connectivity index (χ0v) is 43.6. The Hall–Kier alpha value is -5.22. The molecule has 4 aliphatic heterocycles. The Balaban J connectivity index is 1.31. The molecule has 3 nitrogen and oxygen atoms in total. The molecule has 6 aromatic rings. The van der Waals surface area contributed by atoms with E-state index < -0.39 is 0 Å². The van der Waals surface area contributed by atoms with Crippen LogP contribution in [0.15, 0.2) is 109 Å². The number of hydrogen-bond acceptors (Lipinski definition) is 3. The molecule has 4 heteroatoms. The first kappa shape index (κ1) is 44.3. The van der Waals surface area contributed by atoms with Crippen LogP contribution in [0.5, 0.6) is 0 Å². The van der Waals surface area contributed by atoms with Crippen molar-refractivity contribution in [3.05, 3.63) is 148 Å². The van der Waals surface area contributed by atoms with E-state index in [0.717, 1.165) is 6.42 Å². The summed E-state index contributed by atoms with van der Waals surface area (Å²) < 4.78 is 0. The van der Waals surface area contributed by atoms with Crippen LogP contribution in [0.1, 0.15) is 175 Å². The van der Waals surface area contributed by atoms with Gasteiger partial charge < -0.3 is 14.7 Å². The van der Waals surface area contributed by atoms with Crippen LogP contribution in [0.2, 0.25) is 0 Å². The zero-order valence-electron chi connectivity index (χ0n) is 43.6. The van der Waals surface area contributed by atoms with E-state index in [-0.39, 0.29) is 44.7 Å². The Morgan fingerprint density at radius 2 is 0.910 bits per heavy atom. The summed E-state index contributed by atoms with van der Waals surface area (Å²) in [6.45, 7) is 38.6. The van der Waals surface area contributed by atoms with Crippen LogP contribution in [-0.2, 0) is 32.5 Å². The van der Waals surface area contributed by atoms with Gasteiger partial charge in [-0.3, -0.25) is 0 Å². The van der Waals surface area contributed by atoms with Gasteiger partial charge in [-0.05, 0) is 151 Å². The Kier molecular flexibility index (Phi) is 9.23. The molecule has 67 heavy (non-hydrogen) atoms. The van der Waals surface area contributed by atoms with E-state index in [0.29, 0.717) is 0 Å². The van der Waals surface area contributed by atoms with Gasteiger partial charge in [0.15, 0.2) is 0 Å². The van der Waals surface area contributed by atoms with Gasteiger partial charge in [0.2, 0.25) is 0 Å². The second kappa shape index (κ2) is 14.0. The fraction of sp³-hybridized carbons (Fsp3) is 0.429. The highest BCUT2D eigenvalue weighted by Crippen LogP contribution is 2.62. The fourth-order valence-corrected chi connectivity index (χ4v) is 13.3. The molecule has 2 atom stereocenters. The number of benzene rings is 6. The Bertz CT molecular complexity index is 3000. The molecule has 1 fully saturated rings. The summed E-state index contributed by atoms with van der Waals surface area (Å²) in [7, 11) is 0. The maximum absolute atomic E-state index is 2.81. The summed E-state index contributed by atoms with van der Waals surface area (Å²) in [5.41, 5.74) is 24.2. The monoisotopic (exact) mass is 884 g/mol. The van der Waals surface area contributed by atoms with Crippen molar-refractivity contribution >= 4 is 68.6 Å². The van der Waals surface area contributed by atoms with Crippen LogP contribution in [0, 0.1) is 0 Å². The van der Waals surface area contributed by atoms with Crippen LogP contribution in [0.4, 0.5) is 45.5 Å². The third-order valence-electron chi connectivity index (χ3n) is 17.6. The average molecular weight is 884 g/mol. The summed E-state index contributed by atoms with van der Waals surface area (Å²) in [4.78, 5) is 8.22. The zero-order chi connectivity index (χ0) is 47.8. The van der Waals surface area contributed by atoms with Crippen molar-refractivity contribution in [3.8, 4) is 0 Å². The van der Waals surface area contributed by atoms with Gasteiger partial charge in [0.05, 0.1) is 5.54 Å². The van der Waals surface area contributed by atoms with E-state index in [1.807, 2.05) is 0 Å². The van der Waals surface area contributed by atoms with Gasteiger partial charge in [-0.15, -0.1) is 0 Å². The Labute approximate surface area is 404 Å². The molecule has 11 rings (SSSR count). The predicted molar refractivity (Wildman–Crippen MR) is 290 cm³/mol. The second-order valence-corrected chi connectivity index (χ2v) is 26.3. The van der Waals surface area contributed by atoms with Crippen molar-refractivity contribution in [2.75, 3.05) is 14.7 Å². The minimum atomic E-state index is -0.237. The molecular formula is C63H74BN3. The minimum absolute atomic E-state index is 0.0271. The molecule has 0 aromatic heterocycles. The molecule has 5 aliphatic rings. The molecule has 0 radical (unpaired) electrons. The van der Waals surface area contributed by atoms with E-state index in [2.05, 4.69) is 235 Å². The molecule has 2 unspecified atom stereocenters. The fourth-order valence-electron chi connectivity index (χ4n) is 13.3. The highest BCUT2D eigenvalue weighted by Gasteiger charge is 2.58. The SMILES string of the molecule is CC(C)(C)c1ccc(N2c3cc(N4c5ccccc5C5(C)CCCCC45C)cc4c3B3c5c(cccc5C(C)(C)c5cc(C(C)(C)C)cc2c53)N4c2cc(C(C)(C)C)cc(C(C)(C)C)c2)cc1.